The van der Waals surface area contributed by atoms with Crippen LogP contribution < -0.4 is 15.5 Å². The number of amides is 2. The molecule has 3 N–H and O–H groups in total. The number of hydrogen-bond acceptors (Lipinski definition) is 9. The van der Waals surface area contributed by atoms with E-state index < -0.39 is 5.97 Å². The highest BCUT2D eigenvalue weighted by molar-refractivity contribution is 7.22. The van der Waals surface area contributed by atoms with Crippen LogP contribution in [0.4, 0.5) is 15.9 Å². The quantitative estimate of drug-likeness (QED) is 0.275. The number of nitrogens with one attached hydrogen (secondary N) is 2. The Morgan fingerprint density at radius 1 is 1.15 bits per heavy atom. The lowest BCUT2D eigenvalue weighted by Gasteiger charge is -2.30. The van der Waals surface area contributed by atoms with Crippen molar-refractivity contribution < 1.29 is 14.7 Å². The van der Waals surface area contributed by atoms with Crippen LogP contribution in [0, 0.1) is 5.92 Å². The molecular weight excluding hydrogens is 516 g/mol. The maximum absolute atomic E-state index is 12.1. The molecule has 1 saturated heterocycles. The first-order chi connectivity index (χ1) is 19.0. The van der Waals surface area contributed by atoms with Crippen molar-refractivity contribution in [3.8, 4) is 22.4 Å². The van der Waals surface area contributed by atoms with Gasteiger partial charge in [-0.3, -0.25) is 20.1 Å². The number of urea groups is 1. The molecule has 12 heteroatoms. The molecule has 11 nitrogen and oxygen atoms in total. The van der Waals surface area contributed by atoms with Gasteiger partial charge in [0, 0.05) is 55.8 Å². The van der Waals surface area contributed by atoms with Crippen LogP contribution in [0.2, 0.25) is 0 Å². The minimum absolute atomic E-state index is 0.317. The fourth-order valence-corrected chi connectivity index (χ4v) is 5.55. The first kappa shape index (κ1) is 26.2. The number of carboxylic acids is 1. The molecule has 1 aliphatic rings. The van der Waals surface area contributed by atoms with Gasteiger partial charge in [-0.2, -0.15) is 0 Å². The lowest BCUT2D eigenvalue weighted by Crippen LogP contribution is -2.37. The molecule has 1 fully saturated rings. The number of thiazole rings is 1. The van der Waals surface area contributed by atoms with Crippen molar-refractivity contribution >= 4 is 44.6 Å². The number of carboxylic acid groups (broad SMARTS) is 1. The maximum atomic E-state index is 12.1. The van der Waals surface area contributed by atoms with E-state index in [-0.39, 0.29) is 11.9 Å². The highest BCUT2D eigenvalue weighted by atomic mass is 32.1. The minimum atomic E-state index is -0.751. The molecular formula is C27H28N8O3S. The van der Waals surface area contributed by atoms with E-state index in [9.17, 15) is 14.7 Å². The molecule has 0 spiro atoms. The number of hydrogen-bond donors (Lipinski definition) is 3. The smallest absolute Gasteiger partial charge is 0.321 e. The van der Waals surface area contributed by atoms with Crippen LogP contribution in [0.1, 0.15) is 25.5 Å². The zero-order chi connectivity index (χ0) is 27.4. The fraction of sp³-hybridized carbons (Fsp3) is 0.296. The van der Waals surface area contributed by atoms with Crippen molar-refractivity contribution in [2.75, 3.05) is 29.9 Å². The molecule has 0 bridgehead atoms. The Kier molecular flexibility index (Phi) is 7.73. The molecule has 200 valence electrons. The van der Waals surface area contributed by atoms with Gasteiger partial charge in [0.15, 0.2) is 5.13 Å². The summed E-state index contributed by atoms with van der Waals surface area (Å²) in [5.74, 6) is -0.499. The van der Waals surface area contributed by atoms with E-state index in [0.29, 0.717) is 61.2 Å². The summed E-state index contributed by atoms with van der Waals surface area (Å²) < 4.78 is 0.871. The van der Waals surface area contributed by atoms with E-state index in [0.717, 1.165) is 27.1 Å². The monoisotopic (exact) mass is 544 g/mol. The first-order valence-electron chi connectivity index (χ1n) is 12.7. The summed E-state index contributed by atoms with van der Waals surface area (Å²) in [7, 11) is 0. The predicted octanol–water partition coefficient (Wildman–Crippen LogP) is 4.38. The molecule has 4 aromatic rings. The topological polar surface area (TPSA) is 146 Å². The van der Waals surface area contributed by atoms with Gasteiger partial charge >= 0.3 is 12.0 Å². The first-order valence-corrected chi connectivity index (χ1v) is 13.5. The molecule has 0 unspecified atom stereocenters. The lowest BCUT2D eigenvalue weighted by atomic mass is 9.97. The van der Waals surface area contributed by atoms with Crippen LogP contribution >= 0.6 is 11.3 Å². The van der Waals surface area contributed by atoms with Gasteiger partial charge in [0.2, 0.25) is 5.95 Å². The molecule has 2 amide bonds. The van der Waals surface area contributed by atoms with Crippen LogP contribution in [0.3, 0.4) is 0 Å². The summed E-state index contributed by atoms with van der Waals surface area (Å²) in [5, 5.41) is 15.3. The van der Waals surface area contributed by atoms with E-state index in [1.54, 1.807) is 30.9 Å². The van der Waals surface area contributed by atoms with Crippen molar-refractivity contribution in [2.45, 2.75) is 26.2 Å². The Labute approximate surface area is 229 Å². The Hall–Kier alpha value is -4.45. The summed E-state index contributed by atoms with van der Waals surface area (Å²) in [6.45, 7) is 7.44. The molecule has 1 aromatic carbocycles. The second-order valence-electron chi connectivity index (χ2n) is 9.09. The van der Waals surface area contributed by atoms with Crippen molar-refractivity contribution in [1.29, 1.82) is 0 Å². The van der Waals surface area contributed by atoms with Crippen molar-refractivity contribution in [3.63, 3.8) is 0 Å². The Balaban J connectivity index is 1.56. The molecule has 0 radical (unpaired) electrons. The summed E-state index contributed by atoms with van der Waals surface area (Å²) in [4.78, 5) is 48.5. The minimum Gasteiger partial charge on any atom is -0.481 e. The van der Waals surface area contributed by atoms with Crippen molar-refractivity contribution in [3.05, 3.63) is 55.3 Å². The van der Waals surface area contributed by atoms with E-state index in [1.165, 1.54) is 11.3 Å². The number of carbonyl (C=O) groups excluding carboxylic acids is 1. The number of rotatable bonds is 8. The van der Waals surface area contributed by atoms with E-state index >= 15 is 0 Å². The van der Waals surface area contributed by atoms with Gasteiger partial charge in [0.1, 0.15) is 0 Å². The van der Waals surface area contributed by atoms with E-state index in [2.05, 4.69) is 37.1 Å². The van der Waals surface area contributed by atoms with Gasteiger partial charge in [0.05, 0.1) is 33.7 Å². The fourth-order valence-electron chi connectivity index (χ4n) is 4.59. The van der Waals surface area contributed by atoms with Crippen molar-refractivity contribution in [2.24, 2.45) is 5.92 Å². The zero-order valence-electron chi connectivity index (χ0n) is 21.4. The number of fused-ring (bicyclic) bond motifs is 1. The SMILES string of the molecule is C=CCc1nc(N2CCC(C(=O)O)CC2)ncc1-c1cc(-c2cnccn2)c2sc(NC(=O)NCC)nc2c1. The maximum Gasteiger partial charge on any atom is 0.321 e. The van der Waals surface area contributed by atoms with Crippen LogP contribution in [0.25, 0.3) is 32.6 Å². The second-order valence-corrected chi connectivity index (χ2v) is 10.1. The van der Waals surface area contributed by atoms with Crippen LogP contribution in [-0.2, 0) is 11.2 Å². The third-order valence-corrected chi connectivity index (χ3v) is 7.54. The number of nitrogens with zero attached hydrogens (tertiary/aromatic N) is 6. The molecule has 0 saturated carbocycles. The molecule has 3 aromatic heterocycles. The summed E-state index contributed by atoms with van der Waals surface area (Å²) >= 11 is 1.37. The van der Waals surface area contributed by atoms with Crippen molar-refractivity contribution in [1.82, 2.24) is 30.2 Å². The number of piperidine rings is 1. The predicted molar refractivity (Wildman–Crippen MR) is 151 cm³/mol. The van der Waals surface area contributed by atoms with Gasteiger partial charge in [-0.05, 0) is 37.5 Å². The van der Waals surface area contributed by atoms with Gasteiger partial charge in [-0.1, -0.05) is 17.4 Å². The normalized spacial score (nSPS) is 13.8. The van der Waals surface area contributed by atoms with Gasteiger partial charge < -0.3 is 15.3 Å². The lowest BCUT2D eigenvalue weighted by molar-refractivity contribution is -0.142. The Morgan fingerprint density at radius 3 is 2.67 bits per heavy atom. The summed E-state index contributed by atoms with van der Waals surface area (Å²) in [5.41, 5.74) is 4.71. The summed E-state index contributed by atoms with van der Waals surface area (Å²) in [6, 6.07) is 3.66. The standard InChI is InChI=1S/C27H28N8O3S/c1-3-5-20-19(14-31-25(32-20)35-10-6-16(7-11-35)24(36)37)17-12-18(22-15-28-8-9-30-22)23-21(13-17)33-27(39-23)34-26(38)29-4-2/h3,8-9,12-16H,1,4-7,10-11H2,2H3,(H,36,37)(H2,29,33,34,38). The molecule has 0 aliphatic carbocycles. The molecule has 0 atom stereocenters. The Bertz CT molecular complexity index is 1520. The molecule has 39 heavy (non-hydrogen) atoms. The second kappa shape index (κ2) is 11.5. The average molecular weight is 545 g/mol. The number of aromatic nitrogens is 5. The van der Waals surface area contributed by atoms with Crippen LogP contribution in [-0.4, -0.2) is 61.7 Å². The highest BCUT2D eigenvalue weighted by Crippen LogP contribution is 2.39. The highest BCUT2D eigenvalue weighted by Gasteiger charge is 2.26. The summed E-state index contributed by atoms with van der Waals surface area (Å²) in [6.07, 6.45) is 10.2. The zero-order valence-corrected chi connectivity index (χ0v) is 22.2. The molecule has 4 heterocycles. The third kappa shape index (κ3) is 5.70. The number of anilines is 2. The third-order valence-electron chi connectivity index (χ3n) is 6.52. The van der Waals surface area contributed by atoms with Crippen LogP contribution in [0.5, 0.6) is 0 Å². The average Bonchev–Trinajstić information content (AvgIpc) is 3.35. The van der Waals surface area contributed by atoms with E-state index in [1.807, 2.05) is 24.0 Å². The Morgan fingerprint density at radius 2 is 1.97 bits per heavy atom. The molecule has 1 aliphatic heterocycles. The largest absolute Gasteiger partial charge is 0.481 e. The van der Waals surface area contributed by atoms with Gasteiger partial charge in [-0.25, -0.2) is 19.7 Å². The van der Waals surface area contributed by atoms with Gasteiger partial charge in [-0.15, -0.1) is 6.58 Å². The van der Waals surface area contributed by atoms with E-state index in [4.69, 9.17) is 4.98 Å². The number of aliphatic carboxylic acids is 1. The van der Waals surface area contributed by atoms with Crippen LogP contribution in [0.15, 0.2) is 49.6 Å². The number of benzene rings is 1. The number of allylic oxidation sites excluding steroid dienone is 1. The number of carbonyl (C=O) groups is 2. The van der Waals surface area contributed by atoms with Gasteiger partial charge in [0.25, 0.3) is 0 Å². The molecule has 5 rings (SSSR count).